The van der Waals surface area contributed by atoms with Crippen LogP contribution in [0.25, 0.3) is 0 Å². The first kappa shape index (κ1) is 21.1. The number of nitrogens with one attached hydrogen (secondary N) is 1. The lowest BCUT2D eigenvalue weighted by Gasteiger charge is -2.09. The van der Waals surface area contributed by atoms with Gasteiger partial charge in [0.25, 0.3) is 5.69 Å². The van der Waals surface area contributed by atoms with E-state index >= 15 is 0 Å². The zero-order valence-corrected chi connectivity index (χ0v) is 16.3. The van der Waals surface area contributed by atoms with Crippen LogP contribution in [0.2, 0.25) is 0 Å². The molecule has 0 aliphatic rings. The van der Waals surface area contributed by atoms with Crippen LogP contribution in [-0.4, -0.2) is 15.7 Å². The maximum absolute atomic E-state index is 12.8. The number of benzene rings is 2. The Morgan fingerprint density at radius 2 is 1.83 bits per heavy atom. The molecule has 1 aromatic heterocycles. The predicted octanol–water partition coefficient (Wildman–Crippen LogP) is 5.53. The molecular formula is C21H19F3N4O2. The third-order valence-corrected chi connectivity index (χ3v) is 4.71. The Bertz CT molecular complexity index is 1090. The molecule has 0 saturated heterocycles. The van der Waals surface area contributed by atoms with Gasteiger partial charge in [0, 0.05) is 29.6 Å². The lowest BCUT2D eigenvalue weighted by molar-refractivity contribution is -0.384. The monoisotopic (exact) mass is 416 g/mol. The molecule has 0 saturated carbocycles. The van der Waals surface area contributed by atoms with Gasteiger partial charge in [0.05, 0.1) is 16.7 Å². The Balaban J connectivity index is 1.81. The van der Waals surface area contributed by atoms with Gasteiger partial charge in [0.1, 0.15) is 5.69 Å². The van der Waals surface area contributed by atoms with Crippen molar-refractivity contribution >= 4 is 17.6 Å². The minimum Gasteiger partial charge on any atom is -0.344 e. The first-order chi connectivity index (χ1) is 14.2. The van der Waals surface area contributed by atoms with Crippen LogP contribution in [0.1, 0.15) is 28.1 Å². The highest BCUT2D eigenvalue weighted by atomic mass is 19.4. The van der Waals surface area contributed by atoms with Gasteiger partial charge in [-0.3, -0.25) is 15.5 Å². The second-order valence-electron chi connectivity index (χ2n) is 6.76. The van der Waals surface area contributed by atoms with E-state index in [1.165, 1.54) is 6.21 Å². The largest absolute Gasteiger partial charge is 0.416 e. The fraction of sp³-hybridized carbons (Fsp3) is 0.190. The summed E-state index contributed by atoms with van der Waals surface area (Å²) in [5.41, 5.74) is 4.47. The zero-order chi connectivity index (χ0) is 21.9. The molecule has 0 amide bonds. The van der Waals surface area contributed by atoms with Gasteiger partial charge in [-0.1, -0.05) is 30.3 Å². The number of rotatable bonds is 6. The molecular weight excluding hydrogens is 397 g/mol. The van der Waals surface area contributed by atoms with Crippen LogP contribution < -0.4 is 5.43 Å². The number of hydrogen-bond donors (Lipinski definition) is 1. The molecule has 9 heteroatoms. The van der Waals surface area contributed by atoms with Crippen molar-refractivity contribution < 1.29 is 18.1 Å². The summed E-state index contributed by atoms with van der Waals surface area (Å²) in [4.78, 5) is 10.3. The quantitative estimate of drug-likeness (QED) is 0.326. The van der Waals surface area contributed by atoms with Crippen molar-refractivity contribution in [2.24, 2.45) is 5.10 Å². The molecule has 0 fully saturated rings. The van der Waals surface area contributed by atoms with E-state index in [1.54, 1.807) is 0 Å². The summed E-state index contributed by atoms with van der Waals surface area (Å²) in [5.74, 6) is 0. The van der Waals surface area contributed by atoms with E-state index < -0.39 is 22.4 Å². The molecule has 6 nitrogen and oxygen atoms in total. The number of alkyl halides is 3. The summed E-state index contributed by atoms with van der Waals surface area (Å²) in [6.45, 7) is 4.57. The molecule has 1 N–H and O–H groups in total. The highest BCUT2D eigenvalue weighted by Gasteiger charge is 2.33. The standard InChI is InChI=1S/C21H19F3N4O2/c1-14-10-17(15(2)27(14)13-16-6-4-3-5-7-16)12-25-26-19-9-8-18(21(22,23)24)11-20(19)28(29)30/h3-12,26H,13H2,1-2H3/b25-12-. The van der Waals surface area contributed by atoms with Gasteiger partial charge >= 0.3 is 6.18 Å². The molecule has 0 aliphatic heterocycles. The molecule has 0 spiro atoms. The number of nitro groups is 1. The summed E-state index contributed by atoms with van der Waals surface area (Å²) in [6.07, 6.45) is -3.17. The van der Waals surface area contributed by atoms with Crippen molar-refractivity contribution in [3.63, 3.8) is 0 Å². The average molecular weight is 416 g/mol. The molecule has 156 valence electrons. The normalized spacial score (nSPS) is 11.8. The van der Waals surface area contributed by atoms with E-state index in [2.05, 4.69) is 15.1 Å². The lowest BCUT2D eigenvalue weighted by atomic mass is 10.1. The topological polar surface area (TPSA) is 72.5 Å². The highest BCUT2D eigenvalue weighted by Crippen LogP contribution is 2.35. The van der Waals surface area contributed by atoms with Crippen LogP contribution in [-0.2, 0) is 12.7 Å². The van der Waals surface area contributed by atoms with E-state index in [1.807, 2.05) is 50.2 Å². The van der Waals surface area contributed by atoms with Gasteiger partial charge in [-0.25, -0.2) is 0 Å². The van der Waals surface area contributed by atoms with Crippen LogP contribution in [0.3, 0.4) is 0 Å². The van der Waals surface area contributed by atoms with E-state index in [-0.39, 0.29) is 5.69 Å². The van der Waals surface area contributed by atoms with Crippen LogP contribution in [0, 0.1) is 24.0 Å². The van der Waals surface area contributed by atoms with E-state index in [4.69, 9.17) is 0 Å². The summed E-state index contributed by atoms with van der Waals surface area (Å²) >= 11 is 0. The lowest BCUT2D eigenvalue weighted by Crippen LogP contribution is -2.07. The van der Waals surface area contributed by atoms with Crippen LogP contribution >= 0.6 is 0 Å². The molecule has 2 aromatic carbocycles. The minimum absolute atomic E-state index is 0.123. The molecule has 3 rings (SSSR count). The zero-order valence-electron chi connectivity index (χ0n) is 16.3. The molecule has 0 bridgehead atoms. The Morgan fingerprint density at radius 3 is 2.47 bits per heavy atom. The number of aromatic nitrogens is 1. The van der Waals surface area contributed by atoms with Crippen molar-refractivity contribution in [2.75, 3.05) is 5.43 Å². The van der Waals surface area contributed by atoms with Gasteiger partial charge in [0.2, 0.25) is 0 Å². The molecule has 3 aromatic rings. The third-order valence-electron chi connectivity index (χ3n) is 4.71. The predicted molar refractivity (Wildman–Crippen MR) is 109 cm³/mol. The summed E-state index contributed by atoms with van der Waals surface area (Å²) in [6, 6.07) is 14.1. The molecule has 1 heterocycles. The highest BCUT2D eigenvalue weighted by molar-refractivity contribution is 5.82. The number of hydrazone groups is 1. The third kappa shape index (κ3) is 4.68. The Hall–Kier alpha value is -3.62. The maximum atomic E-state index is 12.8. The smallest absolute Gasteiger partial charge is 0.344 e. The summed E-state index contributed by atoms with van der Waals surface area (Å²) in [5, 5.41) is 15.1. The van der Waals surface area contributed by atoms with Crippen LogP contribution in [0.4, 0.5) is 24.5 Å². The van der Waals surface area contributed by atoms with Gasteiger partial charge < -0.3 is 4.57 Å². The first-order valence-electron chi connectivity index (χ1n) is 9.02. The fourth-order valence-electron chi connectivity index (χ4n) is 3.09. The average Bonchev–Trinajstić information content (AvgIpc) is 2.95. The van der Waals surface area contributed by atoms with Crippen molar-refractivity contribution in [1.29, 1.82) is 0 Å². The molecule has 0 unspecified atom stereocenters. The molecule has 0 aliphatic carbocycles. The maximum Gasteiger partial charge on any atom is 0.416 e. The van der Waals surface area contributed by atoms with Crippen molar-refractivity contribution in [1.82, 2.24) is 4.57 Å². The Morgan fingerprint density at radius 1 is 1.13 bits per heavy atom. The van der Waals surface area contributed by atoms with E-state index in [0.29, 0.717) is 12.6 Å². The molecule has 30 heavy (non-hydrogen) atoms. The Labute approximate surface area is 170 Å². The fourth-order valence-corrected chi connectivity index (χ4v) is 3.09. The van der Waals surface area contributed by atoms with Gasteiger partial charge in [-0.2, -0.15) is 18.3 Å². The Kier molecular flexibility index (Phi) is 5.91. The SMILES string of the molecule is Cc1cc(/C=N\Nc2ccc(C(F)(F)F)cc2[N+](=O)[O-])c(C)n1Cc1ccccc1. The van der Waals surface area contributed by atoms with Gasteiger partial charge in [-0.05, 0) is 37.6 Å². The van der Waals surface area contributed by atoms with Crippen molar-refractivity contribution in [2.45, 2.75) is 26.6 Å². The molecule has 0 radical (unpaired) electrons. The number of nitro benzene ring substituents is 1. The summed E-state index contributed by atoms with van der Waals surface area (Å²) < 4.78 is 40.5. The van der Waals surface area contributed by atoms with Gasteiger partial charge in [0.15, 0.2) is 0 Å². The van der Waals surface area contributed by atoms with Crippen molar-refractivity contribution in [3.8, 4) is 0 Å². The van der Waals surface area contributed by atoms with E-state index in [9.17, 15) is 23.3 Å². The second kappa shape index (κ2) is 8.40. The number of halogens is 3. The molecule has 0 atom stereocenters. The summed E-state index contributed by atoms with van der Waals surface area (Å²) in [7, 11) is 0. The van der Waals surface area contributed by atoms with Crippen LogP contribution in [0.15, 0.2) is 59.7 Å². The number of hydrogen-bond acceptors (Lipinski definition) is 4. The minimum atomic E-state index is -4.66. The second-order valence-corrected chi connectivity index (χ2v) is 6.76. The number of nitrogens with zero attached hydrogens (tertiary/aromatic N) is 3. The number of aryl methyl sites for hydroxylation is 1. The van der Waals surface area contributed by atoms with E-state index in [0.717, 1.165) is 34.6 Å². The van der Waals surface area contributed by atoms with Gasteiger partial charge in [-0.15, -0.1) is 0 Å². The van der Waals surface area contributed by atoms with Crippen molar-refractivity contribution in [3.05, 3.63) is 92.8 Å². The first-order valence-corrected chi connectivity index (χ1v) is 9.02. The van der Waals surface area contributed by atoms with Crippen LogP contribution in [0.5, 0.6) is 0 Å². The number of anilines is 1.